The van der Waals surface area contributed by atoms with Gasteiger partial charge in [0, 0.05) is 38.7 Å². The average molecular weight is 513 g/mol. The van der Waals surface area contributed by atoms with Crippen LogP contribution in [0, 0.1) is 0 Å². The second-order valence-corrected chi connectivity index (χ2v) is 9.35. The third-order valence-corrected chi connectivity index (χ3v) is 6.84. The van der Waals surface area contributed by atoms with Crippen LogP contribution >= 0.6 is 0 Å². The molecule has 1 atom stereocenters. The summed E-state index contributed by atoms with van der Waals surface area (Å²) >= 11 is 0. The standard InChI is InChI=1S/C24H26F2N8O3/c25-21(26)22-29-15-3-1-2-4-17(15)34(22)19-11-18(30-24(31-19)32-7-9-37-10-8-32)27-14-12-33(13-14)23(36)16-5-6-20(35)28-16/h1-4,11,14,16,21H,5-10,12-13H2,(H,28,35)(H,27,30,31)/t16-/m0/s1. The summed E-state index contributed by atoms with van der Waals surface area (Å²) < 4.78 is 34.9. The van der Waals surface area contributed by atoms with Crippen molar-refractivity contribution in [1.29, 1.82) is 0 Å². The third kappa shape index (κ3) is 4.54. The number of imidazole rings is 1. The van der Waals surface area contributed by atoms with Crippen molar-refractivity contribution in [3.8, 4) is 5.82 Å². The summed E-state index contributed by atoms with van der Waals surface area (Å²) in [6, 6.07) is 8.03. The molecule has 3 aromatic rings. The van der Waals surface area contributed by atoms with Gasteiger partial charge in [-0.25, -0.2) is 13.8 Å². The van der Waals surface area contributed by atoms with Crippen LogP contribution in [0.1, 0.15) is 25.1 Å². The number of morpholine rings is 1. The van der Waals surface area contributed by atoms with Gasteiger partial charge in [-0.2, -0.15) is 9.97 Å². The van der Waals surface area contributed by atoms with E-state index in [-0.39, 0.29) is 23.7 Å². The molecule has 13 heteroatoms. The van der Waals surface area contributed by atoms with Crippen LogP contribution in [-0.2, 0) is 14.3 Å². The largest absolute Gasteiger partial charge is 0.378 e. The minimum atomic E-state index is -2.80. The molecule has 3 aliphatic heterocycles. The van der Waals surface area contributed by atoms with Gasteiger partial charge in [-0.15, -0.1) is 0 Å². The van der Waals surface area contributed by atoms with E-state index in [0.29, 0.717) is 75.0 Å². The van der Waals surface area contributed by atoms with Gasteiger partial charge in [0.1, 0.15) is 17.7 Å². The van der Waals surface area contributed by atoms with Crippen molar-refractivity contribution < 1.29 is 23.1 Å². The summed E-state index contributed by atoms with van der Waals surface area (Å²) in [6.45, 7) is 3.09. The van der Waals surface area contributed by atoms with Crippen LogP contribution in [0.3, 0.4) is 0 Å². The number of benzene rings is 1. The molecule has 3 fully saturated rings. The van der Waals surface area contributed by atoms with E-state index < -0.39 is 18.3 Å². The second kappa shape index (κ2) is 9.54. The summed E-state index contributed by atoms with van der Waals surface area (Å²) in [5.74, 6) is 0.570. The number of carbonyl (C=O) groups excluding carboxylic acids is 2. The van der Waals surface area contributed by atoms with Crippen LogP contribution in [0.4, 0.5) is 20.5 Å². The molecule has 194 valence electrons. The summed E-state index contributed by atoms with van der Waals surface area (Å²) in [5, 5.41) is 6.04. The molecule has 11 nitrogen and oxygen atoms in total. The van der Waals surface area contributed by atoms with E-state index in [1.807, 2.05) is 4.90 Å². The molecular formula is C24H26F2N8O3. The number of anilines is 2. The first kappa shape index (κ1) is 23.5. The molecule has 3 aliphatic rings. The molecule has 0 unspecified atom stereocenters. The molecule has 2 amide bonds. The molecule has 2 N–H and O–H groups in total. The van der Waals surface area contributed by atoms with E-state index in [1.165, 1.54) is 4.57 Å². The third-order valence-electron chi connectivity index (χ3n) is 6.84. The van der Waals surface area contributed by atoms with Gasteiger partial charge in [0.05, 0.1) is 30.3 Å². The maximum Gasteiger partial charge on any atom is 0.296 e. The number of para-hydroxylation sites is 2. The first-order valence-electron chi connectivity index (χ1n) is 12.3. The highest BCUT2D eigenvalue weighted by atomic mass is 19.3. The van der Waals surface area contributed by atoms with Crippen LogP contribution in [0.25, 0.3) is 16.9 Å². The number of amides is 2. The van der Waals surface area contributed by atoms with Crippen LogP contribution in [0.2, 0.25) is 0 Å². The Morgan fingerprint density at radius 3 is 2.65 bits per heavy atom. The van der Waals surface area contributed by atoms with Gasteiger partial charge in [0.2, 0.25) is 17.8 Å². The van der Waals surface area contributed by atoms with Crippen molar-refractivity contribution in [2.75, 3.05) is 49.6 Å². The van der Waals surface area contributed by atoms with Crippen molar-refractivity contribution in [3.05, 3.63) is 36.2 Å². The molecule has 37 heavy (non-hydrogen) atoms. The van der Waals surface area contributed by atoms with E-state index in [9.17, 15) is 18.4 Å². The fourth-order valence-electron chi connectivity index (χ4n) is 4.93. The molecule has 0 bridgehead atoms. The topological polar surface area (TPSA) is 118 Å². The lowest BCUT2D eigenvalue weighted by Gasteiger charge is -2.41. The van der Waals surface area contributed by atoms with Crippen molar-refractivity contribution >= 4 is 34.6 Å². The van der Waals surface area contributed by atoms with Crippen LogP contribution in [0.5, 0.6) is 0 Å². The van der Waals surface area contributed by atoms with E-state index in [2.05, 4.69) is 25.6 Å². The molecular weight excluding hydrogens is 486 g/mol. The van der Waals surface area contributed by atoms with Crippen LogP contribution < -0.4 is 15.5 Å². The highest BCUT2D eigenvalue weighted by Gasteiger charge is 2.37. The highest BCUT2D eigenvalue weighted by Crippen LogP contribution is 2.29. The number of aromatic nitrogens is 4. The molecule has 3 saturated heterocycles. The molecule has 0 radical (unpaired) electrons. The zero-order valence-electron chi connectivity index (χ0n) is 19.9. The van der Waals surface area contributed by atoms with Crippen molar-refractivity contribution in [3.63, 3.8) is 0 Å². The van der Waals surface area contributed by atoms with Crippen LogP contribution in [-0.4, -0.2) is 87.7 Å². The minimum Gasteiger partial charge on any atom is -0.378 e. The number of hydrogen-bond donors (Lipinski definition) is 2. The molecule has 0 saturated carbocycles. The Bertz CT molecular complexity index is 1340. The number of rotatable bonds is 6. The van der Waals surface area contributed by atoms with Crippen LogP contribution in [0.15, 0.2) is 30.3 Å². The quantitative estimate of drug-likeness (QED) is 0.510. The fourth-order valence-corrected chi connectivity index (χ4v) is 4.93. The first-order chi connectivity index (χ1) is 18.0. The number of hydrogen-bond acceptors (Lipinski definition) is 8. The number of ether oxygens (including phenoxy) is 1. The normalized spacial score (nSPS) is 20.4. The van der Waals surface area contributed by atoms with E-state index >= 15 is 0 Å². The monoisotopic (exact) mass is 512 g/mol. The molecule has 6 rings (SSSR count). The molecule has 1 aromatic carbocycles. The molecule has 2 aromatic heterocycles. The predicted molar refractivity (Wildman–Crippen MR) is 130 cm³/mol. The van der Waals surface area contributed by atoms with Crippen molar-refractivity contribution in [2.24, 2.45) is 0 Å². The molecule has 0 spiro atoms. The zero-order chi connectivity index (χ0) is 25.5. The maximum atomic E-state index is 14.0. The Kier molecular flexibility index (Phi) is 6.07. The van der Waals surface area contributed by atoms with Gasteiger partial charge in [-0.05, 0) is 18.6 Å². The van der Waals surface area contributed by atoms with E-state index in [4.69, 9.17) is 4.74 Å². The number of carbonyl (C=O) groups is 2. The Morgan fingerprint density at radius 1 is 1.14 bits per heavy atom. The number of fused-ring (bicyclic) bond motifs is 1. The number of nitrogens with zero attached hydrogens (tertiary/aromatic N) is 6. The second-order valence-electron chi connectivity index (χ2n) is 9.35. The van der Waals surface area contributed by atoms with Gasteiger partial charge in [0.15, 0.2) is 5.82 Å². The van der Waals surface area contributed by atoms with E-state index in [1.54, 1.807) is 35.2 Å². The van der Waals surface area contributed by atoms with E-state index in [0.717, 1.165) is 0 Å². The van der Waals surface area contributed by atoms with Crippen molar-refractivity contribution in [2.45, 2.75) is 31.4 Å². The number of halogens is 2. The molecule has 0 aliphatic carbocycles. The van der Waals surface area contributed by atoms with Gasteiger partial charge >= 0.3 is 0 Å². The summed E-state index contributed by atoms with van der Waals surface area (Å²) in [7, 11) is 0. The Labute approximate surface area is 210 Å². The SMILES string of the molecule is O=C1CC[C@@H](C(=O)N2CC(Nc3cc(-n4c(C(F)F)nc5ccccc54)nc(N4CCOCC4)n3)C2)N1. The lowest BCUT2D eigenvalue weighted by molar-refractivity contribution is -0.138. The minimum absolute atomic E-state index is 0.0737. The smallest absolute Gasteiger partial charge is 0.296 e. The lowest BCUT2D eigenvalue weighted by atomic mass is 10.1. The number of nitrogens with one attached hydrogen (secondary N) is 2. The predicted octanol–water partition coefficient (Wildman–Crippen LogP) is 1.49. The highest BCUT2D eigenvalue weighted by molar-refractivity contribution is 5.91. The summed E-state index contributed by atoms with van der Waals surface area (Å²) in [6.07, 6.45) is -1.92. The first-order valence-corrected chi connectivity index (χ1v) is 12.3. The maximum absolute atomic E-state index is 14.0. The van der Waals surface area contributed by atoms with Gasteiger partial charge < -0.3 is 25.2 Å². The van der Waals surface area contributed by atoms with Gasteiger partial charge in [-0.3, -0.25) is 14.2 Å². The number of alkyl halides is 2. The fraction of sp³-hybridized carbons (Fsp3) is 0.458. The van der Waals surface area contributed by atoms with Gasteiger partial charge in [-0.1, -0.05) is 12.1 Å². The zero-order valence-corrected chi connectivity index (χ0v) is 19.9. The Hall–Kier alpha value is -3.87. The lowest BCUT2D eigenvalue weighted by Crippen LogP contribution is -2.60. The Balaban J connectivity index is 1.29. The average Bonchev–Trinajstić information content (AvgIpc) is 3.50. The summed E-state index contributed by atoms with van der Waals surface area (Å²) in [4.78, 5) is 41.2. The Morgan fingerprint density at radius 2 is 1.92 bits per heavy atom. The molecule has 5 heterocycles. The van der Waals surface area contributed by atoms with Crippen molar-refractivity contribution in [1.82, 2.24) is 29.7 Å². The number of likely N-dealkylation sites (tertiary alicyclic amines) is 1. The summed E-state index contributed by atoms with van der Waals surface area (Å²) in [5.41, 5.74) is 0.973. The van der Waals surface area contributed by atoms with Gasteiger partial charge in [0.25, 0.3) is 6.43 Å².